The van der Waals surface area contributed by atoms with Crippen LogP contribution < -0.4 is 21.1 Å². The summed E-state index contributed by atoms with van der Waals surface area (Å²) < 4.78 is 10.6. The molecule has 0 spiro atoms. The van der Waals surface area contributed by atoms with Crippen LogP contribution >= 0.6 is 0 Å². The maximum atomic E-state index is 14.2. The number of hydrogen-bond donors (Lipinski definition) is 3. The topological polar surface area (TPSA) is 140 Å². The second-order valence-corrected chi connectivity index (χ2v) is 11.5. The summed E-state index contributed by atoms with van der Waals surface area (Å²) in [5.41, 5.74) is 6.87. The zero-order chi connectivity index (χ0) is 32.0. The molecule has 0 saturated heterocycles. The van der Waals surface area contributed by atoms with E-state index in [1.54, 1.807) is 52.1 Å². The average Bonchev–Trinajstić information content (AvgIpc) is 2.95. The van der Waals surface area contributed by atoms with Gasteiger partial charge in [0, 0.05) is 12.2 Å². The highest BCUT2D eigenvalue weighted by Gasteiger charge is 2.37. The van der Waals surface area contributed by atoms with Gasteiger partial charge in [-0.25, -0.2) is 4.79 Å². The number of anilines is 1. The fourth-order valence-electron chi connectivity index (χ4n) is 4.60. The van der Waals surface area contributed by atoms with Crippen molar-refractivity contribution in [2.24, 2.45) is 5.73 Å². The molecule has 2 rings (SSSR count). The number of nitrogens with zero attached hydrogens (tertiary/aromatic N) is 1. The van der Waals surface area contributed by atoms with E-state index >= 15 is 0 Å². The summed E-state index contributed by atoms with van der Waals surface area (Å²) in [6.45, 7) is 9.46. The Hall–Kier alpha value is -4.08. The van der Waals surface area contributed by atoms with Crippen molar-refractivity contribution in [3.63, 3.8) is 0 Å². The second kappa shape index (κ2) is 17.1. The van der Waals surface area contributed by atoms with Crippen LogP contribution in [-0.2, 0) is 25.5 Å². The first kappa shape index (κ1) is 35.1. The molecule has 0 aliphatic rings. The molecule has 0 aliphatic heterocycles. The van der Waals surface area contributed by atoms with Gasteiger partial charge in [-0.15, -0.1) is 0 Å². The third-order valence-corrected chi connectivity index (χ3v) is 6.80. The Balaban J connectivity index is 2.54. The Kier molecular flexibility index (Phi) is 14.0. The second-order valence-electron chi connectivity index (χ2n) is 11.5. The zero-order valence-corrected chi connectivity index (χ0v) is 26.4. The van der Waals surface area contributed by atoms with Crippen LogP contribution in [0.2, 0.25) is 0 Å². The van der Waals surface area contributed by atoms with Crippen molar-refractivity contribution in [3.05, 3.63) is 59.7 Å². The van der Waals surface area contributed by atoms with Gasteiger partial charge in [0.05, 0.1) is 13.5 Å². The number of aryl methyl sites for hydroxylation is 1. The summed E-state index contributed by atoms with van der Waals surface area (Å²) in [6.07, 6.45) is 4.06. The predicted octanol–water partition coefficient (Wildman–Crippen LogP) is 5.51. The lowest BCUT2D eigenvalue weighted by Crippen LogP contribution is -2.53. The van der Waals surface area contributed by atoms with E-state index in [1.165, 1.54) is 4.90 Å². The number of carbonyl (C=O) groups is 4. The first-order valence-corrected chi connectivity index (χ1v) is 15.0. The summed E-state index contributed by atoms with van der Waals surface area (Å²) in [5, 5.41) is 5.45. The first-order chi connectivity index (χ1) is 20.4. The van der Waals surface area contributed by atoms with Crippen LogP contribution in [0.1, 0.15) is 90.3 Å². The molecule has 0 radical (unpaired) electrons. The van der Waals surface area contributed by atoms with Crippen LogP contribution in [0.3, 0.4) is 0 Å². The lowest BCUT2D eigenvalue weighted by molar-refractivity contribution is -0.142. The van der Waals surface area contributed by atoms with Crippen molar-refractivity contribution in [2.45, 2.75) is 97.2 Å². The molecule has 0 aromatic heterocycles. The van der Waals surface area contributed by atoms with E-state index in [9.17, 15) is 19.2 Å². The smallest absolute Gasteiger partial charge is 0.408 e. The molecule has 2 unspecified atom stereocenters. The van der Waals surface area contributed by atoms with Gasteiger partial charge in [-0.2, -0.15) is 0 Å². The number of alkyl carbamates (subject to hydrolysis) is 1. The van der Waals surface area contributed by atoms with E-state index in [2.05, 4.69) is 17.6 Å². The number of methoxy groups -OCH3 is 1. The molecule has 10 nitrogen and oxygen atoms in total. The zero-order valence-electron chi connectivity index (χ0n) is 26.4. The molecular weight excluding hydrogens is 548 g/mol. The fourth-order valence-corrected chi connectivity index (χ4v) is 4.60. The molecular formula is C33H48N4O6. The van der Waals surface area contributed by atoms with E-state index in [-0.39, 0.29) is 6.54 Å². The van der Waals surface area contributed by atoms with Crippen LogP contribution in [0.5, 0.6) is 5.75 Å². The molecule has 4 N–H and O–H groups in total. The van der Waals surface area contributed by atoms with Crippen LogP contribution in [0, 0.1) is 0 Å². The molecule has 0 aliphatic carbocycles. The summed E-state index contributed by atoms with van der Waals surface area (Å²) in [5.74, 6) is -1.18. The highest BCUT2D eigenvalue weighted by molar-refractivity contribution is 5.99. The van der Waals surface area contributed by atoms with E-state index in [0.717, 1.165) is 37.7 Å². The maximum Gasteiger partial charge on any atom is 0.408 e. The van der Waals surface area contributed by atoms with Crippen molar-refractivity contribution < 1.29 is 28.7 Å². The lowest BCUT2D eigenvalue weighted by Gasteiger charge is -2.34. The molecule has 43 heavy (non-hydrogen) atoms. The number of ether oxygens (including phenoxy) is 2. The Morgan fingerprint density at radius 2 is 1.53 bits per heavy atom. The molecule has 4 amide bonds. The van der Waals surface area contributed by atoms with Crippen LogP contribution in [0.25, 0.3) is 0 Å². The van der Waals surface area contributed by atoms with Gasteiger partial charge < -0.3 is 30.7 Å². The minimum atomic E-state index is -1.32. The van der Waals surface area contributed by atoms with Gasteiger partial charge in [-0.05, 0) is 69.0 Å². The third-order valence-electron chi connectivity index (χ3n) is 6.80. The summed E-state index contributed by atoms with van der Waals surface area (Å²) in [7, 11) is 1.56. The van der Waals surface area contributed by atoms with Crippen molar-refractivity contribution in [2.75, 3.05) is 19.0 Å². The molecule has 2 aromatic carbocycles. The number of hydrogen-bond acceptors (Lipinski definition) is 6. The number of nitrogens with two attached hydrogens (primary N) is 1. The third kappa shape index (κ3) is 12.0. The predicted molar refractivity (Wildman–Crippen MR) is 168 cm³/mol. The van der Waals surface area contributed by atoms with E-state index in [1.807, 2.05) is 31.2 Å². The largest absolute Gasteiger partial charge is 0.497 e. The first-order valence-electron chi connectivity index (χ1n) is 15.0. The number of amides is 4. The quantitative estimate of drug-likeness (QED) is 0.219. The van der Waals surface area contributed by atoms with Gasteiger partial charge in [0.1, 0.15) is 23.4 Å². The number of rotatable bonds is 16. The van der Waals surface area contributed by atoms with Gasteiger partial charge in [0.15, 0.2) is 0 Å². The SMILES string of the molecule is CCCCCCCN(C(=O)C(CC(N)=O)NC(=O)OC(C)(C)C)C(C(=O)Nc1ccc(OC)cc1)c1ccc(CC)cc1. The average molecular weight is 597 g/mol. The molecule has 236 valence electrons. The highest BCUT2D eigenvalue weighted by Crippen LogP contribution is 2.27. The molecule has 0 bridgehead atoms. The number of nitrogens with one attached hydrogen (secondary N) is 2. The number of benzene rings is 2. The van der Waals surface area contributed by atoms with E-state index < -0.39 is 47.9 Å². The van der Waals surface area contributed by atoms with Crippen LogP contribution in [-0.4, -0.2) is 54.0 Å². The van der Waals surface area contributed by atoms with Crippen LogP contribution in [0.4, 0.5) is 10.5 Å². The monoisotopic (exact) mass is 596 g/mol. The summed E-state index contributed by atoms with van der Waals surface area (Å²) >= 11 is 0. The maximum absolute atomic E-state index is 14.2. The summed E-state index contributed by atoms with van der Waals surface area (Å²) in [4.78, 5) is 54.4. The summed E-state index contributed by atoms with van der Waals surface area (Å²) in [6, 6.07) is 12.0. The van der Waals surface area contributed by atoms with Crippen LogP contribution in [0.15, 0.2) is 48.5 Å². The van der Waals surface area contributed by atoms with Crippen molar-refractivity contribution in [1.29, 1.82) is 0 Å². The lowest BCUT2D eigenvalue weighted by atomic mass is 9.99. The Labute approximate surface area is 255 Å². The standard InChI is InChI=1S/C33H48N4O6/c1-7-9-10-11-12-21-37(31(40)27(22-28(34)38)36-32(41)43-33(3,4)5)29(24-15-13-23(8-2)14-16-24)30(39)35-25-17-19-26(42-6)20-18-25/h13-20,27,29H,7-12,21-22H2,1-6H3,(H2,34,38)(H,35,39)(H,36,41). The van der Waals surface area contributed by atoms with Gasteiger partial charge in [-0.1, -0.05) is 63.8 Å². The molecule has 10 heteroatoms. The minimum absolute atomic E-state index is 0.226. The normalized spacial score (nSPS) is 12.5. The minimum Gasteiger partial charge on any atom is -0.497 e. The van der Waals surface area contributed by atoms with Gasteiger partial charge in [0.2, 0.25) is 11.8 Å². The molecule has 2 aromatic rings. The fraction of sp³-hybridized carbons (Fsp3) is 0.515. The number of carbonyl (C=O) groups excluding carboxylic acids is 4. The van der Waals surface area contributed by atoms with Gasteiger partial charge in [-0.3, -0.25) is 14.4 Å². The van der Waals surface area contributed by atoms with Crippen molar-refractivity contribution in [3.8, 4) is 5.75 Å². The van der Waals surface area contributed by atoms with E-state index in [0.29, 0.717) is 23.4 Å². The Bertz CT molecular complexity index is 1190. The van der Waals surface area contributed by atoms with Gasteiger partial charge in [0.25, 0.3) is 5.91 Å². The number of unbranched alkanes of at least 4 members (excludes halogenated alkanes) is 4. The highest BCUT2D eigenvalue weighted by atomic mass is 16.6. The van der Waals surface area contributed by atoms with Crippen molar-refractivity contribution in [1.82, 2.24) is 10.2 Å². The van der Waals surface area contributed by atoms with E-state index in [4.69, 9.17) is 15.2 Å². The van der Waals surface area contributed by atoms with Crippen molar-refractivity contribution >= 4 is 29.5 Å². The Morgan fingerprint density at radius 3 is 2.07 bits per heavy atom. The number of primary amides is 1. The molecule has 0 saturated carbocycles. The molecule has 0 heterocycles. The Morgan fingerprint density at radius 1 is 0.907 bits per heavy atom. The molecule has 0 fully saturated rings. The van der Waals surface area contributed by atoms with Gasteiger partial charge >= 0.3 is 6.09 Å². The molecule has 2 atom stereocenters.